The van der Waals surface area contributed by atoms with Crippen molar-refractivity contribution in [1.82, 2.24) is 4.98 Å². The van der Waals surface area contributed by atoms with Gasteiger partial charge in [0.1, 0.15) is 23.3 Å². The number of imidazole rings is 1. The highest BCUT2D eigenvalue weighted by Crippen LogP contribution is 2.15. The first-order valence-electron chi connectivity index (χ1n) is 8.25. The van der Waals surface area contributed by atoms with E-state index >= 15 is 0 Å². The van der Waals surface area contributed by atoms with Crippen molar-refractivity contribution >= 4 is 22.8 Å². The van der Waals surface area contributed by atoms with Crippen LogP contribution in [0.15, 0.2) is 48.5 Å². The van der Waals surface area contributed by atoms with Gasteiger partial charge in [-0.1, -0.05) is 24.3 Å². The van der Waals surface area contributed by atoms with Crippen molar-refractivity contribution in [2.24, 2.45) is 0 Å². The molecule has 130 valence electrons. The van der Waals surface area contributed by atoms with Crippen LogP contribution in [-0.2, 0) is 6.54 Å². The minimum atomic E-state index is -0.00105. The maximum absolute atomic E-state index is 12.7. The molecule has 6 nitrogen and oxygen atoms in total. The number of methoxy groups -OCH3 is 1. The summed E-state index contributed by atoms with van der Waals surface area (Å²) >= 11 is 0. The Hall–Kier alpha value is -2.86. The quantitative estimate of drug-likeness (QED) is 0.333. The van der Waals surface area contributed by atoms with E-state index in [0.29, 0.717) is 24.3 Å². The number of aromatic nitrogens is 2. The van der Waals surface area contributed by atoms with Crippen LogP contribution in [-0.4, -0.2) is 36.1 Å². The number of nitrogens with one attached hydrogen (secondary N) is 2. The fourth-order valence-electron chi connectivity index (χ4n) is 2.75. The van der Waals surface area contributed by atoms with E-state index in [4.69, 9.17) is 9.84 Å². The lowest BCUT2D eigenvalue weighted by Gasteiger charge is -2.05. The number of ether oxygens (including phenoxy) is 1. The average molecular weight is 340 g/mol. The van der Waals surface area contributed by atoms with Crippen LogP contribution in [0.1, 0.15) is 16.8 Å². The normalized spacial score (nSPS) is 10.8. The maximum atomic E-state index is 12.7. The second-order valence-electron chi connectivity index (χ2n) is 5.74. The van der Waals surface area contributed by atoms with E-state index in [9.17, 15) is 4.79 Å². The van der Waals surface area contributed by atoms with Gasteiger partial charge in [-0.2, -0.15) is 0 Å². The molecule has 3 aromatic rings. The van der Waals surface area contributed by atoms with Gasteiger partial charge in [0.05, 0.1) is 13.7 Å². The minimum absolute atomic E-state index is 0.00105. The van der Waals surface area contributed by atoms with Crippen molar-refractivity contribution in [2.75, 3.05) is 25.6 Å². The first-order valence-corrected chi connectivity index (χ1v) is 8.25. The molecule has 0 amide bonds. The number of fused-ring (bicyclic) bond motifs is 1. The van der Waals surface area contributed by atoms with E-state index in [1.54, 1.807) is 19.2 Å². The van der Waals surface area contributed by atoms with Gasteiger partial charge in [0, 0.05) is 18.6 Å². The average Bonchev–Trinajstić information content (AvgIpc) is 2.99. The highest BCUT2D eigenvalue weighted by molar-refractivity contribution is 5.95. The highest BCUT2D eigenvalue weighted by Gasteiger charge is 2.20. The summed E-state index contributed by atoms with van der Waals surface area (Å²) in [6, 6.07) is 15.0. The second kappa shape index (κ2) is 7.81. The van der Waals surface area contributed by atoms with Gasteiger partial charge in [0.25, 0.3) is 0 Å². The van der Waals surface area contributed by atoms with E-state index < -0.39 is 0 Å². The predicted octanol–water partition coefficient (Wildman–Crippen LogP) is 2.14. The molecule has 2 aromatic carbocycles. The molecule has 0 radical (unpaired) electrons. The van der Waals surface area contributed by atoms with Gasteiger partial charge in [0.15, 0.2) is 5.78 Å². The number of H-pyrrole nitrogens is 1. The number of ketones is 1. The molecule has 0 bridgehead atoms. The summed E-state index contributed by atoms with van der Waals surface area (Å²) in [4.78, 5) is 16.0. The zero-order valence-corrected chi connectivity index (χ0v) is 14.2. The summed E-state index contributed by atoms with van der Waals surface area (Å²) in [6.07, 6.45) is 0.638. The molecule has 1 aromatic heterocycles. The zero-order valence-electron chi connectivity index (χ0n) is 14.2. The number of anilines is 1. The third kappa shape index (κ3) is 3.80. The van der Waals surface area contributed by atoms with Gasteiger partial charge >= 0.3 is 5.95 Å². The Balaban J connectivity index is 1.90. The molecule has 0 spiro atoms. The third-order valence-corrected chi connectivity index (χ3v) is 4.04. The summed E-state index contributed by atoms with van der Waals surface area (Å²) in [5.41, 5.74) is 2.51. The van der Waals surface area contributed by atoms with Crippen molar-refractivity contribution < 1.29 is 19.2 Å². The number of hydrogen-bond acceptors (Lipinski definition) is 4. The number of nitrogens with zero attached hydrogens (tertiary/aromatic N) is 1. The second-order valence-corrected chi connectivity index (χ2v) is 5.74. The number of benzene rings is 2. The number of Topliss-reactive ketones (excluding diaryl/α,β-unsaturated/α-hetero) is 1. The van der Waals surface area contributed by atoms with Crippen LogP contribution in [0.5, 0.6) is 5.75 Å². The first kappa shape index (κ1) is 17.0. The van der Waals surface area contributed by atoms with Crippen LogP contribution in [0.25, 0.3) is 11.0 Å². The lowest BCUT2D eigenvalue weighted by atomic mass is 10.1. The lowest BCUT2D eigenvalue weighted by molar-refractivity contribution is -0.642. The van der Waals surface area contributed by atoms with Gasteiger partial charge in [-0.05, 0) is 24.3 Å². The molecular weight excluding hydrogens is 318 g/mol. The van der Waals surface area contributed by atoms with Crippen molar-refractivity contribution in [3.63, 3.8) is 0 Å². The van der Waals surface area contributed by atoms with Crippen LogP contribution in [0.4, 0.5) is 5.95 Å². The van der Waals surface area contributed by atoms with Crippen LogP contribution < -0.4 is 14.6 Å². The minimum Gasteiger partial charge on any atom is -0.497 e. The Morgan fingerprint density at radius 2 is 2.08 bits per heavy atom. The number of hydrogen-bond donors (Lipinski definition) is 3. The molecule has 0 fully saturated rings. The summed E-state index contributed by atoms with van der Waals surface area (Å²) < 4.78 is 7.12. The van der Waals surface area contributed by atoms with Gasteiger partial charge in [-0.25, -0.2) is 9.55 Å². The number of para-hydroxylation sites is 2. The Bertz CT molecular complexity index is 873. The summed E-state index contributed by atoms with van der Waals surface area (Å²) in [5.74, 6) is 1.42. The monoisotopic (exact) mass is 340 g/mol. The van der Waals surface area contributed by atoms with Crippen LogP contribution in [0.3, 0.4) is 0 Å². The number of carbonyl (C=O) groups is 1. The van der Waals surface area contributed by atoms with E-state index in [0.717, 1.165) is 17.0 Å². The number of rotatable bonds is 8. The van der Waals surface area contributed by atoms with E-state index in [1.807, 2.05) is 41.0 Å². The molecule has 25 heavy (non-hydrogen) atoms. The highest BCUT2D eigenvalue weighted by atomic mass is 16.5. The molecule has 1 heterocycles. The SMILES string of the molecule is COc1cccc(C(=O)C[n+]2c(NCCCO)[nH]c3ccccc32)c1. The molecule has 3 N–H and O–H groups in total. The maximum Gasteiger partial charge on any atom is 0.356 e. The third-order valence-electron chi connectivity index (χ3n) is 4.04. The fourth-order valence-corrected chi connectivity index (χ4v) is 2.75. The van der Waals surface area contributed by atoms with Gasteiger partial charge in [-0.3, -0.25) is 10.1 Å². The molecule has 3 rings (SSSR count). The number of aliphatic hydroxyl groups is 1. The van der Waals surface area contributed by atoms with Crippen LogP contribution in [0, 0.1) is 0 Å². The molecule has 0 saturated carbocycles. The predicted molar refractivity (Wildman–Crippen MR) is 96.0 cm³/mol. The smallest absolute Gasteiger partial charge is 0.356 e. The summed E-state index contributed by atoms with van der Waals surface area (Å²) in [6.45, 7) is 0.950. The van der Waals surface area contributed by atoms with E-state index in [1.165, 1.54) is 0 Å². The molecule has 0 aliphatic heterocycles. The van der Waals surface area contributed by atoms with E-state index in [-0.39, 0.29) is 18.9 Å². The zero-order chi connectivity index (χ0) is 17.6. The Labute approximate surface area is 146 Å². The van der Waals surface area contributed by atoms with Gasteiger partial charge < -0.3 is 9.84 Å². The Kier molecular flexibility index (Phi) is 5.30. The number of aliphatic hydroxyl groups excluding tert-OH is 1. The molecule has 6 heteroatoms. The van der Waals surface area contributed by atoms with Crippen LogP contribution >= 0.6 is 0 Å². The molecule has 0 aliphatic carbocycles. The van der Waals surface area contributed by atoms with Crippen LogP contribution in [0.2, 0.25) is 0 Å². The van der Waals surface area contributed by atoms with Crippen molar-refractivity contribution in [2.45, 2.75) is 13.0 Å². The molecule has 0 saturated heterocycles. The molecular formula is C19H22N3O3+. The largest absolute Gasteiger partial charge is 0.497 e. The number of aromatic amines is 1. The molecule has 0 atom stereocenters. The Morgan fingerprint density at radius 3 is 2.88 bits per heavy atom. The summed E-state index contributed by atoms with van der Waals surface area (Å²) in [7, 11) is 1.58. The fraction of sp³-hybridized carbons (Fsp3) is 0.263. The molecule has 0 aliphatic rings. The summed E-state index contributed by atoms with van der Waals surface area (Å²) in [5, 5.41) is 12.2. The van der Waals surface area contributed by atoms with Crippen molar-refractivity contribution in [3.8, 4) is 5.75 Å². The molecule has 0 unspecified atom stereocenters. The standard InChI is InChI=1S/C19H21N3O3/c1-25-15-7-4-6-14(12-15)18(24)13-22-17-9-3-2-8-16(17)21-19(22)20-10-5-11-23/h2-4,6-9,12,23H,5,10-11,13H2,1H3,(H,20,21)/p+1. The Morgan fingerprint density at radius 1 is 1.24 bits per heavy atom. The van der Waals surface area contributed by atoms with Gasteiger partial charge in [0.2, 0.25) is 0 Å². The number of carbonyl (C=O) groups excluding carboxylic acids is 1. The van der Waals surface area contributed by atoms with Crippen molar-refractivity contribution in [3.05, 3.63) is 54.1 Å². The topological polar surface area (TPSA) is 78.2 Å². The van der Waals surface area contributed by atoms with E-state index in [2.05, 4.69) is 10.3 Å². The first-order chi connectivity index (χ1) is 12.2. The lowest BCUT2D eigenvalue weighted by Crippen LogP contribution is -2.40. The van der Waals surface area contributed by atoms with Gasteiger partial charge in [-0.15, -0.1) is 0 Å². The van der Waals surface area contributed by atoms with Crippen molar-refractivity contribution in [1.29, 1.82) is 0 Å².